The highest BCUT2D eigenvalue weighted by Gasteiger charge is 2.10. The summed E-state index contributed by atoms with van der Waals surface area (Å²) in [5.41, 5.74) is 6.48. The van der Waals surface area contributed by atoms with Gasteiger partial charge in [0.15, 0.2) is 0 Å². The van der Waals surface area contributed by atoms with Crippen LogP contribution in [0.4, 0.5) is 0 Å². The fourth-order valence-electron chi connectivity index (χ4n) is 2.19. The van der Waals surface area contributed by atoms with Crippen LogP contribution in [0.5, 0.6) is 0 Å². The lowest BCUT2D eigenvalue weighted by molar-refractivity contribution is 0.487. The number of aromatic nitrogens is 3. The summed E-state index contributed by atoms with van der Waals surface area (Å²) in [6.07, 6.45) is 4.72. The van der Waals surface area contributed by atoms with E-state index in [-0.39, 0.29) is 6.04 Å². The summed E-state index contributed by atoms with van der Waals surface area (Å²) in [6, 6.07) is 8.80. The van der Waals surface area contributed by atoms with E-state index in [1.807, 2.05) is 13.2 Å². The number of hydrogen-bond acceptors (Lipinski definition) is 4. The zero-order valence-corrected chi connectivity index (χ0v) is 11.5. The third kappa shape index (κ3) is 4.15. The molecule has 1 heterocycles. The van der Waals surface area contributed by atoms with Crippen molar-refractivity contribution in [2.45, 2.75) is 32.2 Å². The lowest BCUT2D eigenvalue weighted by atomic mass is 10.0. The highest BCUT2D eigenvalue weighted by Crippen LogP contribution is 2.10. The molecule has 0 aliphatic rings. The Labute approximate surface area is 113 Å². The molecule has 0 aliphatic heterocycles. The number of aryl methyl sites for hydroxylation is 3. The van der Waals surface area contributed by atoms with Crippen molar-refractivity contribution in [1.29, 1.82) is 0 Å². The maximum atomic E-state index is 5.62. The number of hydrogen-bond donors (Lipinski definition) is 2. The minimum absolute atomic E-state index is 0.220. The van der Waals surface area contributed by atoms with Crippen molar-refractivity contribution in [2.75, 3.05) is 0 Å². The second-order valence-corrected chi connectivity index (χ2v) is 4.98. The molecule has 5 nitrogen and oxygen atoms in total. The number of benzene rings is 1. The Hall–Kier alpha value is -1.72. The van der Waals surface area contributed by atoms with Gasteiger partial charge in [-0.1, -0.05) is 35.0 Å². The lowest BCUT2D eigenvalue weighted by Crippen LogP contribution is -2.37. The Bertz CT molecular complexity index is 520. The topological polar surface area (TPSA) is 68.8 Å². The molecule has 102 valence electrons. The summed E-state index contributed by atoms with van der Waals surface area (Å²) in [5, 5.41) is 8.02. The second kappa shape index (κ2) is 6.45. The smallest absolute Gasteiger partial charge is 0.0843 e. The molecule has 1 unspecified atom stereocenters. The maximum absolute atomic E-state index is 5.62. The van der Waals surface area contributed by atoms with Crippen LogP contribution in [-0.2, 0) is 19.9 Å². The molecule has 0 aliphatic carbocycles. The van der Waals surface area contributed by atoms with Gasteiger partial charge in [-0.3, -0.25) is 16.0 Å². The summed E-state index contributed by atoms with van der Waals surface area (Å²) >= 11 is 0. The molecule has 19 heavy (non-hydrogen) atoms. The summed E-state index contributed by atoms with van der Waals surface area (Å²) in [4.78, 5) is 0. The second-order valence-electron chi connectivity index (χ2n) is 4.98. The Morgan fingerprint density at radius 1 is 1.42 bits per heavy atom. The van der Waals surface area contributed by atoms with E-state index in [0.717, 1.165) is 25.0 Å². The van der Waals surface area contributed by atoms with Crippen LogP contribution in [-0.4, -0.2) is 21.0 Å². The van der Waals surface area contributed by atoms with Gasteiger partial charge in [0, 0.05) is 25.7 Å². The first-order chi connectivity index (χ1) is 9.17. The molecule has 3 N–H and O–H groups in total. The van der Waals surface area contributed by atoms with Gasteiger partial charge in [0.1, 0.15) is 0 Å². The molecule has 0 saturated heterocycles. The van der Waals surface area contributed by atoms with E-state index >= 15 is 0 Å². The molecule has 1 atom stereocenters. The van der Waals surface area contributed by atoms with E-state index in [0.29, 0.717) is 0 Å². The minimum atomic E-state index is 0.220. The monoisotopic (exact) mass is 259 g/mol. The third-order valence-corrected chi connectivity index (χ3v) is 3.21. The van der Waals surface area contributed by atoms with Gasteiger partial charge in [0.25, 0.3) is 0 Å². The SMILES string of the molecule is Cc1cccc(CCC(Cc2cn(C)nn2)NN)c1. The Morgan fingerprint density at radius 3 is 2.89 bits per heavy atom. The highest BCUT2D eigenvalue weighted by molar-refractivity contribution is 5.22. The van der Waals surface area contributed by atoms with Gasteiger partial charge in [-0.05, 0) is 25.3 Å². The Morgan fingerprint density at radius 2 is 2.26 bits per heavy atom. The van der Waals surface area contributed by atoms with Gasteiger partial charge in [-0.25, -0.2) is 0 Å². The fraction of sp³-hybridized carbons (Fsp3) is 0.429. The summed E-state index contributed by atoms with van der Waals surface area (Å²) in [5.74, 6) is 5.62. The summed E-state index contributed by atoms with van der Waals surface area (Å²) in [7, 11) is 1.87. The average Bonchev–Trinajstić information content (AvgIpc) is 2.80. The molecule has 1 aromatic heterocycles. The lowest BCUT2D eigenvalue weighted by Gasteiger charge is -2.14. The quantitative estimate of drug-likeness (QED) is 0.603. The van der Waals surface area contributed by atoms with Crippen molar-refractivity contribution in [3.63, 3.8) is 0 Å². The highest BCUT2D eigenvalue weighted by atomic mass is 15.4. The van der Waals surface area contributed by atoms with Gasteiger partial charge in [-0.15, -0.1) is 5.10 Å². The molecular weight excluding hydrogens is 238 g/mol. The van der Waals surface area contributed by atoms with Crippen LogP contribution < -0.4 is 11.3 Å². The maximum Gasteiger partial charge on any atom is 0.0843 e. The van der Waals surface area contributed by atoms with Crippen molar-refractivity contribution in [3.05, 3.63) is 47.3 Å². The molecule has 2 aromatic rings. The Kier molecular flexibility index (Phi) is 4.65. The van der Waals surface area contributed by atoms with Crippen molar-refractivity contribution in [1.82, 2.24) is 20.4 Å². The molecule has 5 heteroatoms. The molecule has 0 saturated carbocycles. The van der Waals surface area contributed by atoms with E-state index in [1.54, 1.807) is 4.68 Å². The average molecular weight is 259 g/mol. The minimum Gasteiger partial charge on any atom is -0.271 e. The van der Waals surface area contributed by atoms with E-state index in [1.165, 1.54) is 11.1 Å². The molecular formula is C14H21N5. The molecule has 0 fully saturated rings. The van der Waals surface area contributed by atoms with E-state index < -0.39 is 0 Å². The van der Waals surface area contributed by atoms with Crippen LogP contribution in [0.15, 0.2) is 30.5 Å². The van der Waals surface area contributed by atoms with Gasteiger partial charge in [0.05, 0.1) is 5.69 Å². The molecule has 1 aromatic carbocycles. The van der Waals surface area contributed by atoms with Gasteiger partial charge in [0.2, 0.25) is 0 Å². The standard InChI is InChI=1S/C14H21N5/c1-11-4-3-5-12(8-11)6-7-13(16-15)9-14-10-19(2)18-17-14/h3-5,8,10,13,16H,6-7,9,15H2,1-2H3. The summed E-state index contributed by atoms with van der Waals surface area (Å²) < 4.78 is 1.71. The fourth-order valence-corrected chi connectivity index (χ4v) is 2.19. The van der Waals surface area contributed by atoms with Crippen LogP contribution >= 0.6 is 0 Å². The van der Waals surface area contributed by atoms with Crippen molar-refractivity contribution >= 4 is 0 Å². The van der Waals surface area contributed by atoms with Crippen LogP contribution in [0.2, 0.25) is 0 Å². The van der Waals surface area contributed by atoms with Crippen molar-refractivity contribution in [3.8, 4) is 0 Å². The molecule has 0 radical (unpaired) electrons. The van der Waals surface area contributed by atoms with Crippen LogP contribution in [0.1, 0.15) is 23.2 Å². The Balaban J connectivity index is 1.89. The van der Waals surface area contributed by atoms with E-state index in [9.17, 15) is 0 Å². The number of nitrogens with one attached hydrogen (secondary N) is 1. The van der Waals surface area contributed by atoms with E-state index in [4.69, 9.17) is 5.84 Å². The first-order valence-electron chi connectivity index (χ1n) is 6.54. The molecule has 0 amide bonds. The number of nitrogens with two attached hydrogens (primary N) is 1. The van der Waals surface area contributed by atoms with Gasteiger partial charge >= 0.3 is 0 Å². The zero-order valence-electron chi connectivity index (χ0n) is 11.5. The van der Waals surface area contributed by atoms with Crippen molar-refractivity contribution in [2.24, 2.45) is 12.9 Å². The van der Waals surface area contributed by atoms with Crippen molar-refractivity contribution < 1.29 is 0 Å². The van der Waals surface area contributed by atoms with Crippen LogP contribution in [0.3, 0.4) is 0 Å². The van der Waals surface area contributed by atoms with E-state index in [2.05, 4.69) is 46.9 Å². The van der Waals surface area contributed by atoms with Crippen LogP contribution in [0.25, 0.3) is 0 Å². The molecule has 0 bridgehead atoms. The first-order valence-corrected chi connectivity index (χ1v) is 6.54. The van der Waals surface area contributed by atoms with Crippen LogP contribution in [0, 0.1) is 6.92 Å². The molecule has 0 spiro atoms. The predicted molar refractivity (Wildman–Crippen MR) is 75.3 cm³/mol. The first kappa shape index (κ1) is 13.7. The van der Waals surface area contributed by atoms with Gasteiger partial charge in [-0.2, -0.15) is 0 Å². The number of rotatable bonds is 6. The molecule has 2 rings (SSSR count). The normalized spacial score (nSPS) is 12.6. The largest absolute Gasteiger partial charge is 0.271 e. The predicted octanol–water partition coefficient (Wildman–Crippen LogP) is 1.13. The number of nitrogens with zero attached hydrogens (tertiary/aromatic N) is 3. The van der Waals surface area contributed by atoms with Gasteiger partial charge < -0.3 is 0 Å². The summed E-state index contributed by atoms with van der Waals surface area (Å²) in [6.45, 7) is 2.11. The zero-order chi connectivity index (χ0) is 13.7. The number of hydrazine groups is 1. The third-order valence-electron chi connectivity index (χ3n) is 3.21.